The summed E-state index contributed by atoms with van der Waals surface area (Å²) in [6.45, 7) is 0. The Morgan fingerprint density at radius 2 is 1.26 bits per heavy atom. The Hall–Kier alpha value is -1.39. The molecule has 2 aromatic rings. The van der Waals surface area contributed by atoms with Crippen LogP contribution in [0.3, 0.4) is 0 Å². The van der Waals surface area contributed by atoms with Crippen LogP contribution < -0.4 is 14.1 Å². The van der Waals surface area contributed by atoms with E-state index in [9.17, 15) is 9.36 Å². The molecular formula is C14H11Cl3NO4P. The van der Waals surface area contributed by atoms with Gasteiger partial charge in [-0.3, -0.25) is 4.79 Å². The van der Waals surface area contributed by atoms with Gasteiger partial charge in [0.25, 0.3) is 9.70 Å². The third kappa shape index (κ3) is 5.63. The highest BCUT2D eigenvalue weighted by Crippen LogP contribution is 2.46. The van der Waals surface area contributed by atoms with Crippen LogP contribution in [0.25, 0.3) is 0 Å². The van der Waals surface area contributed by atoms with Crippen molar-refractivity contribution in [1.29, 1.82) is 0 Å². The molecule has 0 aliphatic rings. The number of amides is 1. The van der Waals surface area contributed by atoms with Crippen LogP contribution in [0.5, 0.6) is 11.5 Å². The first kappa shape index (κ1) is 18.0. The fraction of sp³-hybridized carbons (Fsp3) is 0.0714. The number of para-hydroxylation sites is 2. The maximum atomic E-state index is 12.9. The van der Waals surface area contributed by atoms with E-state index < -0.39 is 17.4 Å². The SMILES string of the molecule is O=C(NP(=O)(Oc1ccccc1)Oc1ccccc1)C(Cl)(Cl)Cl. The highest BCUT2D eigenvalue weighted by atomic mass is 35.6. The van der Waals surface area contributed by atoms with Crippen molar-refractivity contribution >= 4 is 48.5 Å². The van der Waals surface area contributed by atoms with Gasteiger partial charge in [0.15, 0.2) is 0 Å². The standard InChI is InChI=1S/C14H11Cl3NO4P/c15-14(16,17)13(19)18-23(20,21-11-7-3-1-4-8-11)22-12-9-5-2-6-10-12/h1-10H,(H,18,19,20). The predicted molar refractivity (Wildman–Crippen MR) is 90.2 cm³/mol. The second-order valence-corrected chi connectivity index (χ2v) is 8.11. The molecule has 0 bridgehead atoms. The number of nitrogens with one attached hydrogen (secondary N) is 1. The lowest BCUT2D eigenvalue weighted by Crippen LogP contribution is -2.35. The van der Waals surface area contributed by atoms with E-state index in [0.29, 0.717) is 0 Å². The smallest absolute Gasteiger partial charge is 0.400 e. The summed E-state index contributed by atoms with van der Waals surface area (Å²) in [5.41, 5.74) is 0. The van der Waals surface area contributed by atoms with Crippen molar-refractivity contribution in [2.75, 3.05) is 0 Å². The number of halogens is 3. The average Bonchev–Trinajstić information content (AvgIpc) is 2.47. The van der Waals surface area contributed by atoms with Crippen molar-refractivity contribution in [3.8, 4) is 11.5 Å². The summed E-state index contributed by atoms with van der Waals surface area (Å²) in [6, 6.07) is 16.3. The van der Waals surface area contributed by atoms with Gasteiger partial charge in [0, 0.05) is 0 Å². The molecular weight excluding hydrogens is 383 g/mol. The molecule has 1 amide bonds. The second-order valence-electron chi connectivity index (χ2n) is 4.24. The van der Waals surface area contributed by atoms with Crippen molar-refractivity contribution < 1.29 is 18.4 Å². The van der Waals surface area contributed by atoms with E-state index >= 15 is 0 Å². The molecule has 0 fully saturated rings. The van der Waals surface area contributed by atoms with Gasteiger partial charge in [-0.2, -0.15) is 0 Å². The van der Waals surface area contributed by atoms with Gasteiger partial charge in [-0.1, -0.05) is 71.2 Å². The van der Waals surface area contributed by atoms with Crippen LogP contribution in [0.2, 0.25) is 0 Å². The van der Waals surface area contributed by atoms with Crippen LogP contribution in [-0.4, -0.2) is 9.70 Å². The summed E-state index contributed by atoms with van der Waals surface area (Å²) in [6.07, 6.45) is 0. The number of hydrogen-bond donors (Lipinski definition) is 1. The van der Waals surface area contributed by atoms with Crippen molar-refractivity contribution in [2.45, 2.75) is 3.79 Å². The predicted octanol–water partition coefficient (Wildman–Crippen LogP) is 4.74. The fourth-order valence-corrected chi connectivity index (χ4v) is 3.18. The van der Waals surface area contributed by atoms with Gasteiger partial charge in [-0.05, 0) is 24.3 Å². The lowest BCUT2D eigenvalue weighted by atomic mass is 10.3. The van der Waals surface area contributed by atoms with Gasteiger partial charge < -0.3 is 9.05 Å². The maximum absolute atomic E-state index is 12.9. The molecule has 1 N–H and O–H groups in total. The van der Waals surface area contributed by atoms with Gasteiger partial charge in [-0.15, -0.1) is 0 Å². The Kier molecular flexibility index (Phi) is 5.82. The van der Waals surface area contributed by atoms with E-state index in [0.717, 1.165) is 0 Å². The largest absolute Gasteiger partial charge is 0.544 e. The van der Waals surface area contributed by atoms with Crippen molar-refractivity contribution in [2.24, 2.45) is 0 Å². The summed E-state index contributed by atoms with van der Waals surface area (Å²) in [5, 5.41) is 2.01. The Morgan fingerprint density at radius 3 is 1.61 bits per heavy atom. The first-order chi connectivity index (χ1) is 10.8. The van der Waals surface area contributed by atoms with Crippen molar-refractivity contribution in [3.63, 3.8) is 0 Å². The van der Waals surface area contributed by atoms with E-state index in [2.05, 4.69) is 0 Å². The molecule has 0 saturated heterocycles. The zero-order chi connectivity index (χ0) is 16.9. The number of hydrogen-bond acceptors (Lipinski definition) is 4. The van der Waals surface area contributed by atoms with Gasteiger partial charge in [0.1, 0.15) is 11.5 Å². The Bertz CT molecular complexity index is 661. The van der Waals surface area contributed by atoms with Gasteiger partial charge in [0.2, 0.25) is 0 Å². The zero-order valence-electron chi connectivity index (χ0n) is 11.5. The Labute approximate surface area is 148 Å². The zero-order valence-corrected chi connectivity index (χ0v) is 14.6. The highest BCUT2D eigenvalue weighted by Gasteiger charge is 2.40. The number of alkyl halides is 3. The van der Waals surface area contributed by atoms with Crippen LogP contribution in [0, 0.1) is 0 Å². The molecule has 0 aliphatic carbocycles. The van der Waals surface area contributed by atoms with Gasteiger partial charge in [0.05, 0.1) is 0 Å². The summed E-state index contributed by atoms with van der Waals surface area (Å²) >= 11 is 16.4. The molecule has 9 heteroatoms. The topological polar surface area (TPSA) is 64.6 Å². The molecule has 0 spiro atoms. The van der Waals surface area contributed by atoms with E-state index in [-0.39, 0.29) is 11.5 Å². The third-order valence-corrected chi connectivity index (χ3v) is 4.33. The van der Waals surface area contributed by atoms with Gasteiger partial charge >= 0.3 is 7.75 Å². The molecule has 0 atom stereocenters. The third-order valence-electron chi connectivity index (χ3n) is 2.43. The van der Waals surface area contributed by atoms with E-state index in [1.807, 2.05) is 5.09 Å². The molecule has 0 saturated carbocycles. The molecule has 0 aromatic heterocycles. The van der Waals surface area contributed by atoms with Crippen LogP contribution in [0.15, 0.2) is 60.7 Å². The molecule has 0 unspecified atom stereocenters. The molecule has 0 aliphatic heterocycles. The number of carbonyl (C=O) groups excluding carboxylic acids is 1. The van der Waals surface area contributed by atoms with Crippen LogP contribution in [0.1, 0.15) is 0 Å². The lowest BCUT2D eigenvalue weighted by Gasteiger charge is -2.21. The quantitative estimate of drug-likeness (QED) is 0.588. The Morgan fingerprint density at radius 1 is 0.870 bits per heavy atom. The molecule has 0 radical (unpaired) electrons. The van der Waals surface area contributed by atoms with Crippen molar-refractivity contribution in [1.82, 2.24) is 5.09 Å². The Balaban J connectivity index is 2.26. The van der Waals surface area contributed by atoms with E-state index in [1.165, 1.54) is 0 Å². The summed E-state index contributed by atoms with van der Waals surface area (Å²) in [5.74, 6) is -0.689. The molecule has 122 valence electrons. The van der Waals surface area contributed by atoms with Gasteiger partial charge in [-0.25, -0.2) is 9.65 Å². The first-order valence-corrected chi connectivity index (χ1v) is 8.95. The van der Waals surface area contributed by atoms with Crippen molar-refractivity contribution in [3.05, 3.63) is 60.7 Å². The summed E-state index contributed by atoms with van der Waals surface area (Å²) in [4.78, 5) is 11.8. The minimum absolute atomic E-state index is 0.219. The minimum atomic E-state index is -4.17. The highest BCUT2D eigenvalue weighted by molar-refractivity contribution is 7.53. The molecule has 0 heterocycles. The maximum Gasteiger partial charge on any atom is 0.544 e. The number of rotatable bonds is 5. The van der Waals surface area contributed by atoms with Crippen LogP contribution in [0.4, 0.5) is 0 Å². The van der Waals surface area contributed by atoms with E-state index in [4.69, 9.17) is 43.9 Å². The second kappa shape index (κ2) is 7.45. The van der Waals surface area contributed by atoms with Crippen LogP contribution in [-0.2, 0) is 9.36 Å². The molecule has 2 aromatic carbocycles. The fourth-order valence-electron chi connectivity index (χ4n) is 1.49. The van der Waals surface area contributed by atoms with Crippen LogP contribution >= 0.6 is 42.5 Å². The molecule has 5 nitrogen and oxygen atoms in total. The summed E-state index contributed by atoms with van der Waals surface area (Å²) < 4.78 is 21.1. The number of carbonyl (C=O) groups is 1. The lowest BCUT2D eigenvalue weighted by molar-refractivity contribution is -0.118. The monoisotopic (exact) mass is 393 g/mol. The molecule has 2 rings (SSSR count). The summed E-state index contributed by atoms with van der Waals surface area (Å²) in [7, 11) is -4.17. The van der Waals surface area contributed by atoms with E-state index in [1.54, 1.807) is 60.7 Å². The average molecular weight is 395 g/mol. The first-order valence-electron chi connectivity index (χ1n) is 6.27. The number of benzene rings is 2. The molecule has 23 heavy (non-hydrogen) atoms. The minimum Gasteiger partial charge on any atom is -0.400 e. The normalized spacial score (nSPS) is 11.6.